The van der Waals surface area contributed by atoms with Crippen molar-refractivity contribution in [3.8, 4) is 5.75 Å². The van der Waals surface area contributed by atoms with Crippen molar-refractivity contribution in [1.29, 1.82) is 0 Å². The van der Waals surface area contributed by atoms with Gasteiger partial charge in [0.1, 0.15) is 16.9 Å². The molecule has 2 N–H and O–H groups in total. The van der Waals surface area contributed by atoms with Gasteiger partial charge in [-0.2, -0.15) is 5.10 Å². The third-order valence-electron chi connectivity index (χ3n) is 4.17. The van der Waals surface area contributed by atoms with Crippen molar-refractivity contribution in [1.82, 2.24) is 0 Å². The molecule has 0 aliphatic rings. The van der Waals surface area contributed by atoms with Crippen LogP contribution in [0, 0.1) is 0 Å². The molecule has 0 saturated heterocycles. The van der Waals surface area contributed by atoms with E-state index in [2.05, 4.69) is 10.2 Å². The van der Waals surface area contributed by atoms with E-state index in [-0.39, 0.29) is 28.4 Å². The number of hydrogen-bond acceptors (Lipinski definition) is 5. The Hall–Kier alpha value is -3.41. The van der Waals surface area contributed by atoms with Crippen LogP contribution in [0.25, 0.3) is 21.7 Å². The van der Waals surface area contributed by atoms with Crippen molar-refractivity contribution in [2.75, 3.05) is 0 Å². The SMILES string of the molecule is O=c1oc2ccccc2cc1/C(O)=N/N=C/c1c(O)ccc2ccccc12.[Cu]. The number of rotatable bonds is 3. The van der Waals surface area contributed by atoms with E-state index in [1.807, 2.05) is 24.3 Å². The standard InChI is InChI=1S/C21H14N2O4.Cu/c24-18-10-9-13-5-1-3-7-15(13)17(18)12-22-23-20(25)16-11-14-6-2-4-8-19(14)27-21(16)26;/h1-12,24H,(H,23,25);/b22-12+;. The molecule has 7 heteroatoms. The van der Waals surface area contributed by atoms with Gasteiger partial charge >= 0.3 is 5.63 Å². The molecule has 6 nitrogen and oxygen atoms in total. The van der Waals surface area contributed by atoms with Gasteiger partial charge in [-0.1, -0.05) is 48.5 Å². The van der Waals surface area contributed by atoms with Gasteiger partial charge in [0.15, 0.2) is 0 Å². The predicted octanol–water partition coefficient (Wildman–Crippen LogP) is 3.99. The molecule has 143 valence electrons. The van der Waals surface area contributed by atoms with Gasteiger partial charge in [-0.05, 0) is 29.0 Å². The number of hydrogen-bond donors (Lipinski definition) is 2. The third-order valence-corrected chi connectivity index (χ3v) is 4.17. The summed E-state index contributed by atoms with van der Waals surface area (Å²) in [6, 6.07) is 19.3. The van der Waals surface area contributed by atoms with Crippen LogP contribution in [0.4, 0.5) is 0 Å². The van der Waals surface area contributed by atoms with Crippen LogP contribution in [0.5, 0.6) is 5.75 Å². The second kappa shape index (κ2) is 8.08. The first-order valence-corrected chi connectivity index (χ1v) is 8.17. The summed E-state index contributed by atoms with van der Waals surface area (Å²) >= 11 is 0. The number of phenolic OH excluding ortho intramolecular Hbond substituents is 1. The zero-order valence-corrected chi connectivity index (χ0v) is 15.3. The van der Waals surface area contributed by atoms with Gasteiger partial charge in [0.05, 0.1) is 6.21 Å². The van der Waals surface area contributed by atoms with Crippen molar-refractivity contribution in [2.24, 2.45) is 10.2 Å². The smallest absolute Gasteiger partial charge is 0.349 e. The van der Waals surface area contributed by atoms with Crippen molar-refractivity contribution < 1.29 is 31.7 Å². The summed E-state index contributed by atoms with van der Waals surface area (Å²) in [6.45, 7) is 0. The van der Waals surface area contributed by atoms with E-state index in [1.54, 1.807) is 36.4 Å². The number of para-hydroxylation sites is 1. The van der Waals surface area contributed by atoms with Crippen molar-refractivity contribution in [3.63, 3.8) is 0 Å². The van der Waals surface area contributed by atoms with Gasteiger partial charge in [-0.15, -0.1) is 5.10 Å². The molecule has 0 atom stereocenters. The molecular weight excluding hydrogens is 408 g/mol. The minimum Gasteiger partial charge on any atom is -0.507 e. The van der Waals surface area contributed by atoms with Crippen LogP contribution in [-0.2, 0) is 17.1 Å². The fraction of sp³-hybridized carbons (Fsp3) is 0. The Morgan fingerprint density at radius 1 is 0.964 bits per heavy atom. The normalized spacial score (nSPS) is 11.8. The largest absolute Gasteiger partial charge is 0.507 e. The Balaban J connectivity index is 0.00000225. The van der Waals surface area contributed by atoms with Gasteiger partial charge in [0.25, 0.3) is 0 Å². The molecule has 0 unspecified atom stereocenters. The molecule has 0 aliphatic heterocycles. The molecule has 0 spiro atoms. The summed E-state index contributed by atoms with van der Waals surface area (Å²) in [5, 5.41) is 30.1. The van der Waals surface area contributed by atoms with Crippen LogP contribution in [0.1, 0.15) is 11.1 Å². The van der Waals surface area contributed by atoms with Crippen molar-refractivity contribution in [3.05, 3.63) is 88.3 Å². The Labute approximate surface area is 169 Å². The first kappa shape index (κ1) is 19.4. The molecule has 0 aliphatic carbocycles. The molecule has 0 fully saturated rings. The summed E-state index contributed by atoms with van der Waals surface area (Å²) < 4.78 is 5.17. The second-order valence-electron chi connectivity index (χ2n) is 5.87. The van der Waals surface area contributed by atoms with Gasteiger partial charge in [0, 0.05) is 28.0 Å². The average molecular weight is 422 g/mol. The van der Waals surface area contributed by atoms with Gasteiger partial charge in [0.2, 0.25) is 5.90 Å². The Kier molecular flexibility index (Phi) is 5.59. The monoisotopic (exact) mass is 421 g/mol. The molecule has 1 radical (unpaired) electrons. The number of benzene rings is 3. The number of nitrogens with zero attached hydrogens (tertiary/aromatic N) is 2. The number of aliphatic hydroxyl groups excluding tert-OH is 1. The molecular formula is C21H14CuN2O4. The molecule has 4 aromatic rings. The van der Waals surface area contributed by atoms with Gasteiger partial charge in [-0.3, -0.25) is 0 Å². The Morgan fingerprint density at radius 3 is 2.50 bits per heavy atom. The molecule has 4 rings (SSSR count). The number of fused-ring (bicyclic) bond motifs is 2. The fourth-order valence-corrected chi connectivity index (χ4v) is 2.83. The van der Waals surface area contributed by atoms with E-state index in [0.717, 1.165) is 10.8 Å². The van der Waals surface area contributed by atoms with Crippen LogP contribution in [0.15, 0.2) is 86.1 Å². The summed E-state index contributed by atoms with van der Waals surface area (Å²) in [4.78, 5) is 12.0. The summed E-state index contributed by atoms with van der Waals surface area (Å²) in [5.74, 6) is -0.525. The summed E-state index contributed by atoms with van der Waals surface area (Å²) in [6.07, 6.45) is 1.33. The van der Waals surface area contributed by atoms with Gasteiger partial charge < -0.3 is 14.6 Å². The molecule has 0 saturated carbocycles. The summed E-state index contributed by atoms with van der Waals surface area (Å²) in [7, 11) is 0. The Bertz CT molecular complexity index is 1280. The maximum atomic E-state index is 12.0. The van der Waals surface area contributed by atoms with Crippen molar-refractivity contribution in [2.45, 2.75) is 0 Å². The average Bonchev–Trinajstić information content (AvgIpc) is 2.69. The van der Waals surface area contributed by atoms with Gasteiger partial charge in [-0.25, -0.2) is 4.79 Å². The first-order valence-electron chi connectivity index (χ1n) is 8.17. The topological polar surface area (TPSA) is 95.4 Å². The maximum Gasteiger partial charge on any atom is 0.349 e. The second-order valence-corrected chi connectivity index (χ2v) is 5.87. The molecule has 3 aromatic carbocycles. The molecule has 1 aromatic heterocycles. The minimum atomic E-state index is -0.710. The van der Waals surface area contributed by atoms with E-state index < -0.39 is 11.5 Å². The third kappa shape index (κ3) is 3.67. The fourth-order valence-electron chi connectivity index (χ4n) is 2.83. The number of aromatic hydroxyl groups is 1. The van der Waals surface area contributed by atoms with E-state index >= 15 is 0 Å². The van der Waals surface area contributed by atoms with Crippen LogP contribution >= 0.6 is 0 Å². The molecule has 0 bridgehead atoms. The zero-order chi connectivity index (χ0) is 18.8. The van der Waals surface area contributed by atoms with E-state index in [9.17, 15) is 15.0 Å². The van der Waals surface area contributed by atoms with E-state index in [1.165, 1.54) is 12.3 Å². The molecule has 0 amide bonds. The quantitative estimate of drug-likeness (QED) is 0.172. The van der Waals surface area contributed by atoms with E-state index in [0.29, 0.717) is 16.5 Å². The molecule has 28 heavy (non-hydrogen) atoms. The maximum absolute atomic E-state index is 12.0. The zero-order valence-electron chi connectivity index (χ0n) is 14.3. The predicted molar refractivity (Wildman–Crippen MR) is 105 cm³/mol. The van der Waals surface area contributed by atoms with Crippen LogP contribution < -0.4 is 5.63 Å². The van der Waals surface area contributed by atoms with Crippen LogP contribution in [0.2, 0.25) is 0 Å². The van der Waals surface area contributed by atoms with E-state index in [4.69, 9.17) is 4.42 Å². The van der Waals surface area contributed by atoms with Crippen molar-refractivity contribution >= 4 is 33.9 Å². The number of aliphatic hydroxyl groups is 1. The van der Waals surface area contributed by atoms with Crippen LogP contribution in [0.3, 0.4) is 0 Å². The minimum absolute atomic E-state index is 0. The first-order chi connectivity index (χ1) is 13.1. The summed E-state index contributed by atoms with van der Waals surface area (Å²) in [5.41, 5.74) is 0.0876. The van der Waals surface area contributed by atoms with Crippen LogP contribution in [-0.4, -0.2) is 22.3 Å². The Morgan fingerprint density at radius 2 is 1.68 bits per heavy atom. The molecule has 1 heterocycles. The number of phenols is 1.